The summed E-state index contributed by atoms with van der Waals surface area (Å²) in [4.78, 5) is 54.8. The number of hydrogen-bond acceptors (Lipinski definition) is 13. The minimum Gasteiger partial charge on any atom is -0.463 e. The number of anilines is 1. The first kappa shape index (κ1) is 25.2. The van der Waals surface area contributed by atoms with E-state index in [1.165, 1.54) is 18.4 Å². The number of thioether (sulfide) groups is 1. The molecule has 2 N–H and O–H groups in total. The van der Waals surface area contributed by atoms with Crippen LogP contribution in [-0.2, 0) is 33.3 Å². The Kier molecular flexibility index (Phi) is 6.97. The molecule has 1 aliphatic heterocycles. The van der Waals surface area contributed by atoms with E-state index in [0.717, 1.165) is 31.8 Å². The molecule has 4 atom stereocenters. The van der Waals surface area contributed by atoms with Gasteiger partial charge in [-0.1, -0.05) is 11.8 Å². The summed E-state index contributed by atoms with van der Waals surface area (Å²) in [6, 6.07) is 0. The zero-order valence-electron chi connectivity index (χ0n) is 19.0. The summed E-state index contributed by atoms with van der Waals surface area (Å²) in [5, 5.41) is 12.0. The molecule has 14 nitrogen and oxygen atoms in total. The molecule has 0 aromatic carbocycles. The average molecular weight is 497 g/mol. The molecule has 1 aliphatic rings. The van der Waals surface area contributed by atoms with Crippen LogP contribution in [0.25, 0.3) is 11.0 Å². The number of carbonyl (C=O) groups excluding carboxylic acids is 3. The van der Waals surface area contributed by atoms with E-state index in [-0.39, 0.29) is 28.6 Å². The van der Waals surface area contributed by atoms with Gasteiger partial charge in [-0.3, -0.25) is 29.1 Å². The third kappa shape index (κ3) is 4.61. The smallest absolute Gasteiger partial charge is 0.303 e. The molecule has 184 valence electrons. The average Bonchev–Trinajstić information content (AvgIpc) is 3.22. The van der Waals surface area contributed by atoms with E-state index in [9.17, 15) is 24.5 Å². The second-order valence-corrected chi connectivity index (χ2v) is 8.38. The first-order valence-corrected chi connectivity index (χ1v) is 11.1. The minimum atomic E-state index is -1.69. The molecule has 0 amide bonds. The molecular formula is C19H23N5O9S. The second-order valence-electron chi connectivity index (χ2n) is 7.61. The SMILES string of the molecule is CSc1nc(N)c2c([N+](=O)[O-])cn(C3O[C@H](COC(C)=O)[C@@H](OC(C)=O)[C@]3(C)OC(C)=O)c2n1. The van der Waals surface area contributed by atoms with Crippen molar-refractivity contribution >= 4 is 52.2 Å². The fourth-order valence-corrected chi connectivity index (χ4v) is 4.25. The molecule has 0 bridgehead atoms. The number of nitro groups is 1. The predicted octanol–water partition coefficient (Wildman–Crippen LogP) is 1.36. The number of esters is 3. The molecule has 2 aromatic heterocycles. The number of nitrogen functional groups attached to an aromatic ring is 1. The molecule has 1 saturated heterocycles. The fourth-order valence-electron chi connectivity index (χ4n) is 3.88. The van der Waals surface area contributed by atoms with Gasteiger partial charge in [0.15, 0.2) is 28.7 Å². The second kappa shape index (κ2) is 9.42. The number of aromatic nitrogens is 3. The van der Waals surface area contributed by atoms with Gasteiger partial charge in [0.05, 0.1) is 11.1 Å². The Morgan fingerprint density at radius 2 is 1.94 bits per heavy atom. The van der Waals surface area contributed by atoms with Crippen LogP contribution in [0, 0.1) is 10.1 Å². The van der Waals surface area contributed by atoms with E-state index in [0.29, 0.717) is 0 Å². The van der Waals surface area contributed by atoms with Crippen LogP contribution >= 0.6 is 11.8 Å². The van der Waals surface area contributed by atoms with Crippen LogP contribution in [0.1, 0.15) is 33.9 Å². The Balaban J connectivity index is 2.25. The van der Waals surface area contributed by atoms with Crippen molar-refractivity contribution in [1.82, 2.24) is 14.5 Å². The van der Waals surface area contributed by atoms with Crippen LogP contribution in [0.2, 0.25) is 0 Å². The van der Waals surface area contributed by atoms with Gasteiger partial charge in [-0.2, -0.15) is 0 Å². The Morgan fingerprint density at radius 3 is 2.47 bits per heavy atom. The Labute approximate surface area is 197 Å². The highest BCUT2D eigenvalue weighted by Gasteiger charge is 2.60. The third-order valence-corrected chi connectivity index (χ3v) is 5.64. The highest BCUT2D eigenvalue weighted by molar-refractivity contribution is 7.98. The molecule has 3 heterocycles. The quantitative estimate of drug-likeness (QED) is 0.144. The number of carbonyl (C=O) groups is 3. The maximum atomic E-state index is 12.0. The van der Waals surface area contributed by atoms with Gasteiger partial charge in [-0.25, -0.2) is 9.97 Å². The number of ether oxygens (including phenoxy) is 4. The van der Waals surface area contributed by atoms with Gasteiger partial charge >= 0.3 is 17.9 Å². The Morgan fingerprint density at radius 1 is 1.26 bits per heavy atom. The lowest BCUT2D eigenvalue weighted by Gasteiger charge is -2.34. The number of nitrogens with zero attached hydrogens (tertiary/aromatic N) is 4. The fraction of sp³-hybridized carbons (Fsp3) is 0.526. The molecule has 2 aromatic rings. The summed E-state index contributed by atoms with van der Waals surface area (Å²) in [6.45, 7) is 4.59. The van der Waals surface area contributed by atoms with E-state index in [1.54, 1.807) is 6.26 Å². The van der Waals surface area contributed by atoms with Gasteiger partial charge in [-0.05, 0) is 13.2 Å². The molecule has 0 aliphatic carbocycles. The zero-order chi connectivity index (χ0) is 25.4. The molecule has 1 fully saturated rings. The van der Waals surface area contributed by atoms with E-state index in [1.807, 2.05) is 0 Å². The molecule has 1 unspecified atom stereocenters. The lowest BCUT2D eigenvalue weighted by molar-refractivity contribution is -0.383. The predicted molar refractivity (Wildman–Crippen MR) is 117 cm³/mol. The normalized spacial score (nSPS) is 24.1. The van der Waals surface area contributed by atoms with E-state index in [4.69, 9.17) is 24.7 Å². The van der Waals surface area contributed by atoms with E-state index in [2.05, 4.69) is 9.97 Å². The van der Waals surface area contributed by atoms with Crippen LogP contribution in [0.3, 0.4) is 0 Å². The maximum Gasteiger partial charge on any atom is 0.303 e. The largest absolute Gasteiger partial charge is 0.463 e. The van der Waals surface area contributed by atoms with Crippen molar-refractivity contribution in [2.24, 2.45) is 0 Å². The standard InChI is InChI=1S/C19H23N5O9S/c1-8(25)30-7-12-14(31-9(2)26)19(4,33-10(3)27)17(32-12)23-6-11(24(28)29)13-15(20)21-18(34-5)22-16(13)23/h6,12,14,17H,7H2,1-5H3,(H2,20,21,22)/t12-,14-,17?,19+/m1/s1. The van der Waals surface area contributed by atoms with Gasteiger partial charge in [-0.15, -0.1) is 0 Å². The molecule has 15 heteroatoms. The topological polar surface area (TPSA) is 188 Å². The number of hydrogen-bond donors (Lipinski definition) is 1. The van der Waals surface area contributed by atoms with Gasteiger partial charge in [0.25, 0.3) is 5.69 Å². The van der Waals surface area contributed by atoms with Crippen LogP contribution < -0.4 is 5.73 Å². The van der Waals surface area contributed by atoms with Gasteiger partial charge < -0.3 is 24.7 Å². The molecular weight excluding hydrogens is 474 g/mol. The van der Waals surface area contributed by atoms with Crippen molar-refractivity contribution in [2.45, 2.75) is 56.9 Å². The minimum absolute atomic E-state index is 0.0379. The monoisotopic (exact) mass is 497 g/mol. The molecule has 0 radical (unpaired) electrons. The summed E-state index contributed by atoms with van der Waals surface area (Å²) < 4.78 is 23.4. The highest BCUT2D eigenvalue weighted by Crippen LogP contribution is 2.46. The summed E-state index contributed by atoms with van der Waals surface area (Å²) in [6.07, 6.45) is -0.748. The highest BCUT2D eigenvalue weighted by atomic mass is 32.2. The van der Waals surface area contributed by atoms with Gasteiger partial charge in [0.2, 0.25) is 0 Å². The summed E-state index contributed by atoms with van der Waals surface area (Å²) in [7, 11) is 0. The van der Waals surface area contributed by atoms with Crippen molar-refractivity contribution in [3.05, 3.63) is 16.3 Å². The number of nitrogens with two attached hydrogens (primary N) is 1. The summed E-state index contributed by atoms with van der Waals surface area (Å²) in [5.41, 5.74) is 3.95. The van der Waals surface area contributed by atoms with Crippen LogP contribution in [0.15, 0.2) is 11.4 Å². The lowest BCUT2D eigenvalue weighted by atomic mass is 9.95. The summed E-state index contributed by atoms with van der Waals surface area (Å²) >= 11 is 1.16. The summed E-state index contributed by atoms with van der Waals surface area (Å²) in [5.74, 6) is -2.18. The zero-order valence-corrected chi connectivity index (χ0v) is 19.8. The number of fused-ring (bicyclic) bond motifs is 1. The van der Waals surface area contributed by atoms with Crippen molar-refractivity contribution in [3.63, 3.8) is 0 Å². The third-order valence-electron chi connectivity index (χ3n) is 5.10. The van der Waals surface area contributed by atoms with Crippen molar-refractivity contribution in [3.8, 4) is 0 Å². The van der Waals surface area contributed by atoms with Gasteiger partial charge in [0, 0.05) is 20.8 Å². The Hall–Kier alpha value is -3.46. The van der Waals surface area contributed by atoms with Crippen LogP contribution in [-0.4, -0.2) is 68.0 Å². The van der Waals surface area contributed by atoms with Crippen molar-refractivity contribution in [2.75, 3.05) is 18.6 Å². The molecule has 3 rings (SSSR count). The van der Waals surface area contributed by atoms with Crippen molar-refractivity contribution < 1.29 is 38.3 Å². The first-order chi connectivity index (χ1) is 15.9. The number of rotatable bonds is 7. The first-order valence-electron chi connectivity index (χ1n) is 9.91. The lowest BCUT2D eigenvalue weighted by Crippen LogP contribution is -2.50. The molecule has 34 heavy (non-hydrogen) atoms. The van der Waals surface area contributed by atoms with Crippen LogP contribution in [0.5, 0.6) is 0 Å². The van der Waals surface area contributed by atoms with E-state index >= 15 is 0 Å². The van der Waals surface area contributed by atoms with Gasteiger partial charge in [0.1, 0.15) is 23.9 Å². The van der Waals surface area contributed by atoms with Crippen LogP contribution in [0.4, 0.5) is 11.5 Å². The van der Waals surface area contributed by atoms with Crippen molar-refractivity contribution in [1.29, 1.82) is 0 Å². The molecule has 0 saturated carbocycles. The van der Waals surface area contributed by atoms with E-state index < -0.39 is 52.6 Å². The maximum absolute atomic E-state index is 12.0. The molecule has 0 spiro atoms. The Bertz CT molecular complexity index is 1170.